The highest BCUT2D eigenvalue weighted by Gasteiger charge is 2.04. The lowest BCUT2D eigenvalue weighted by molar-refractivity contribution is -0.159. The van der Waals surface area contributed by atoms with Crippen LogP contribution in [0.3, 0.4) is 0 Å². The maximum Gasteiger partial charge on any atom is 0.414 e. The monoisotopic (exact) mass is 361 g/mol. The van der Waals surface area contributed by atoms with Crippen molar-refractivity contribution in [1.29, 1.82) is 0 Å². The van der Waals surface area contributed by atoms with Crippen LogP contribution in [0.2, 0.25) is 0 Å². The van der Waals surface area contributed by atoms with Crippen molar-refractivity contribution in [3.63, 3.8) is 0 Å². The maximum absolute atomic E-state index is 9.10. The topological polar surface area (TPSA) is 87.1 Å². The quantitative estimate of drug-likeness (QED) is 0.553. The normalized spacial score (nSPS) is 10.3. The third kappa shape index (κ3) is 7.98. The molecule has 0 saturated carbocycles. The summed E-state index contributed by atoms with van der Waals surface area (Å²) in [4.78, 5) is 20.6. The molecule has 2 aromatic rings. The summed E-state index contributed by atoms with van der Waals surface area (Å²) < 4.78 is 5.95. The minimum atomic E-state index is -1.82. The summed E-state index contributed by atoms with van der Waals surface area (Å²) in [6.45, 7) is 5.30. The van der Waals surface area contributed by atoms with Crippen LogP contribution >= 0.6 is 0 Å². The van der Waals surface area contributed by atoms with Crippen LogP contribution < -0.4 is 4.74 Å². The van der Waals surface area contributed by atoms with Gasteiger partial charge in [0, 0.05) is 11.9 Å². The van der Waals surface area contributed by atoms with E-state index < -0.39 is 11.9 Å². The summed E-state index contributed by atoms with van der Waals surface area (Å²) in [5.74, 6) is -2.65. The van der Waals surface area contributed by atoms with Gasteiger partial charge in [0.1, 0.15) is 5.75 Å². The van der Waals surface area contributed by atoms with Crippen LogP contribution in [0.4, 0.5) is 0 Å². The van der Waals surface area contributed by atoms with Gasteiger partial charge in [-0.25, -0.2) is 9.59 Å². The number of ether oxygens (including phenoxy) is 1. The molecule has 0 aliphatic heterocycles. The molecule has 2 aromatic carbocycles. The largest absolute Gasteiger partial charge is 0.493 e. The predicted molar refractivity (Wildman–Crippen MR) is 102 cm³/mol. The van der Waals surface area contributed by atoms with Crippen molar-refractivity contribution in [3.8, 4) is 5.75 Å². The summed E-state index contributed by atoms with van der Waals surface area (Å²) in [6.07, 6.45) is 3.61. The molecule has 0 amide bonds. The maximum atomic E-state index is 9.10. The Bertz CT molecular complexity index is 684. The Morgan fingerprint density at radius 1 is 0.962 bits per heavy atom. The van der Waals surface area contributed by atoms with Crippen molar-refractivity contribution in [2.24, 2.45) is 0 Å². The highest BCUT2D eigenvalue weighted by Crippen LogP contribution is 2.25. The van der Waals surface area contributed by atoms with Crippen molar-refractivity contribution < 1.29 is 24.5 Å². The average Bonchev–Trinajstić information content (AvgIpc) is 2.64. The van der Waals surface area contributed by atoms with Gasteiger partial charge in [0.25, 0.3) is 0 Å². The van der Waals surface area contributed by atoms with E-state index in [1.807, 2.05) is 0 Å². The Hall–Kier alpha value is -2.60. The first-order chi connectivity index (χ1) is 12.5. The Balaban J connectivity index is 0.000000487. The second kappa shape index (κ2) is 11.9. The molecule has 0 radical (unpaired) electrons. The summed E-state index contributed by atoms with van der Waals surface area (Å²) in [5.41, 5.74) is 0. The van der Waals surface area contributed by atoms with Crippen molar-refractivity contribution >= 4 is 22.7 Å². The van der Waals surface area contributed by atoms with E-state index in [0.29, 0.717) is 0 Å². The van der Waals surface area contributed by atoms with Gasteiger partial charge in [0.05, 0.1) is 6.61 Å². The molecule has 0 aliphatic rings. The van der Waals surface area contributed by atoms with Crippen molar-refractivity contribution in [2.75, 3.05) is 26.7 Å². The Morgan fingerprint density at radius 2 is 1.58 bits per heavy atom. The van der Waals surface area contributed by atoms with E-state index in [-0.39, 0.29) is 0 Å². The fourth-order valence-corrected chi connectivity index (χ4v) is 2.38. The molecule has 0 bridgehead atoms. The standard InChI is InChI=1S/C18H25NO.C2H2O4/c1-3-4-13-19(2)14-8-15-20-18-12-7-10-16-9-5-6-11-17(16)18;3-1(4)2(5)6/h5-7,9-12H,3-4,8,13-15H2,1-2H3;(H,3,4)(H,5,6). The van der Waals surface area contributed by atoms with E-state index >= 15 is 0 Å². The number of carboxylic acid groups (broad SMARTS) is 2. The number of carboxylic acids is 2. The van der Waals surface area contributed by atoms with Crippen LogP contribution in [0, 0.1) is 0 Å². The van der Waals surface area contributed by atoms with Gasteiger partial charge >= 0.3 is 11.9 Å². The number of unbranched alkanes of at least 4 members (excludes halogenated alkanes) is 1. The molecule has 0 unspecified atom stereocenters. The van der Waals surface area contributed by atoms with Gasteiger partial charge < -0.3 is 19.8 Å². The summed E-state index contributed by atoms with van der Waals surface area (Å²) in [6, 6.07) is 14.6. The van der Waals surface area contributed by atoms with E-state index in [0.717, 1.165) is 25.3 Å². The third-order valence-corrected chi connectivity index (χ3v) is 3.77. The fourth-order valence-electron chi connectivity index (χ4n) is 2.38. The molecule has 6 heteroatoms. The zero-order chi connectivity index (χ0) is 19.4. The second-order valence-electron chi connectivity index (χ2n) is 5.95. The predicted octanol–water partition coefficient (Wildman–Crippen LogP) is 3.50. The molecule has 0 saturated heterocycles. The highest BCUT2D eigenvalue weighted by atomic mass is 16.5. The number of hydrogen-bond acceptors (Lipinski definition) is 4. The molecule has 2 rings (SSSR count). The number of benzene rings is 2. The lowest BCUT2D eigenvalue weighted by Crippen LogP contribution is -2.22. The first-order valence-electron chi connectivity index (χ1n) is 8.71. The third-order valence-electron chi connectivity index (χ3n) is 3.77. The van der Waals surface area contributed by atoms with E-state index in [4.69, 9.17) is 24.5 Å². The Labute approximate surface area is 154 Å². The van der Waals surface area contributed by atoms with Crippen LogP contribution in [0.5, 0.6) is 5.75 Å². The molecule has 0 aromatic heterocycles. The molecule has 0 fully saturated rings. The number of nitrogens with zero attached hydrogens (tertiary/aromatic N) is 1. The molecule has 0 aliphatic carbocycles. The van der Waals surface area contributed by atoms with E-state index in [1.54, 1.807) is 0 Å². The summed E-state index contributed by atoms with van der Waals surface area (Å²) in [5, 5.41) is 17.2. The van der Waals surface area contributed by atoms with Crippen LogP contribution in [0.15, 0.2) is 42.5 Å². The van der Waals surface area contributed by atoms with Crippen LogP contribution in [0.25, 0.3) is 10.8 Å². The van der Waals surface area contributed by atoms with E-state index in [2.05, 4.69) is 61.3 Å². The molecule has 6 nitrogen and oxygen atoms in total. The van der Waals surface area contributed by atoms with Gasteiger partial charge in [-0.15, -0.1) is 0 Å². The van der Waals surface area contributed by atoms with Gasteiger partial charge in [-0.05, 0) is 37.9 Å². The van der Waals surface area contributed by atoms with Gasteiger partial charge in [-0.1, -0.05) is 49.7 Å². The molecule has 142 valence electrons. The number of hydrogen-bond donors (Lipinski definition) is 2. The second-order valence-corrected chi connectivity index (χ2v) is 5.95. The molecular weight excluding hydrogens is 334 g/mol. The fraction of sp³-hybridized carbons (Fsp3) is 0.400. The lowest BCUT2D eigenvalue weighted by atomic mass is 10.1. The molecule has 0 atom stereocenters. The zero-order valence-corrected chi connectivity index (χ0v) is 15.4. The number of aliphatic carboxylic acids is 2. The average molecular weight is 361 g/mol. The number of rotatable bonds is 8. The SMILES string of the molecule is CCCCN(C)CCCOc1cccc2ccccc12.O=C(O)C(=O)O. The number of fused-ring (bicyclic) bond motifs is 1. The Kier molecular flexibility index (Phi) is 9.79. The molecule has 0 spiro atoms. The van der Waals surface area contributed by atoms with Crippen LogP contribution in [-0.4, -0.2) is 53.8 Å². The lowest BCUT2D eigenvalue weighted by Gasteiger charge is -2.16. The van der Waals surface area contributed by atoms with Crippen LogP contribution in [0.1, 0.15) is 26.2 Å². The molecular formula is C20H27NO5. The van der Waals surface area contributed by atoms with Gasteiger partial charge in [-0.3, -0.25) is 0 Å². The minimum absolute atomic E-state index is 0.782. The highest BCUT2D eigenvalue weighted by molar-refractivity contribution is 6.27. The first kappa shape index (κ1) is 21.4. The smallest absolute Gasteiger partial charge is 0.414 e. The van der Waals surface area contributed by atoms with Gasteiger partial charge in [-0.2, -0.15) is 0 Å². The molecule has 0 heterocycles. The first-order valence-corrected chi connectivity index (χ1v) is 8.71. The van der Waals surface area contributed by atoms with Crippen molar-refractivity contribution in [1.82, 2.24) is 4.90 Å². The van der Waals surface area contributed by atoms with Crippen molar-refractivity contribution in [2.45, 2.75) is 26.2 Å². The van der Waals surface area contributed by atoms with Crippen LogP contribution in [-0.2, 0) is 9.59 Å². The molecule has 26 heavy (non-hydrogen) atoms. The van der Waals surface area contributed by atoms with Gasteiger partial charge in [0.2, 0.25) is 0 Å². The minimum Gasteiger partial charge on any atom is -0.493 e. The summed E-state index contributed by atoms with van der Waals surface area (Å²) in [7, 11) is 2.19. The van der Waals surface area contributed by atoms with Gasteiger partial charge in [0.15, 0.2) is 0 Å². The zero-order valence-electron chi connectivity index (χ0n) is 15.4. The van der Waals surface area contributed by atoms with E-state index in [9.17, 15) is 0 Å². The molecule has 2 N–H and O–H groups in total. The number of carbonyl (C=O) groups is 2. The Morgan fingerprint density at radius 3 is 2.23 bits per heavy atom. The van der Waals surface area contributed by atoms with E-state index in [1.165, 1.54) is 30.2 Å². The van der Waals surface area contributed by atoms with Crippen molar-refractivity contribution in [3.05, 3.63) is 42.5 Å². The summed E-state index contributed by atoms with van der Waals surface area (Å²) >= 11 is 0.